The Bertz CT molecular complexity index is 732. The fourth-order valence-corrected chi connectivity index (χ4v) is 2.57. The summed E-state index contributed by atoms with van der Waals surface area (Å²) >= 11 is 3.47. The molecule has 2 unspecified atom stereocenters. The summed E-state index contributed by atoms with van der Waals surface area (Å²) < 4.78 is 1.11. The minimum atomic E-state index is -1.26. The van der Waals surface area contributed by atoms with Crippen molar-refractivity contribution >= 4 is 27.9 Å². The lowest BCUT2D eigenvalue weighted by atomic mass is 10.0. The van der Waals surface area contributed by atoms with Gasteiger partial charge >= 0.3 is 11.9 Å². The Labute approximate surface area is 167 Å². The molecule has 7 heteroatoms. The Morgan fingerprint density at radius 1 is 1.11 bits per heavy atom. The first-order valence-electron chi connectivity index (χ1n) is 8.39. The van der Waals surface area contributed by atoms with Gasteiger partial charge in [0.15, 0.2) is 0 Å². The van der Waals surface area contributed by atoms with Gasteiger partial charge in [-0.2, -0.15) is 0 Å². The zero-order valence-electron chi connectivity index (χ0n) is 15.2. The van der Waals surface area contributed by atoms with E-state index in [-0.39, 0.29) is 6.04 Å². The third-order valence-corrected chi connectivity index (χ3v) is 4.16. The first-order chi connectivity index (χ1) is 12.8. The standard InChI is InChI=1S/C16H19BrN2.C4H4O4/c1-3-15(13-7-9-14(17)10-8-13)19-12(2)16-6-4-5-11-18-16;5-3(6)1-2-4(7)8/h4-12,15,19H,3H2,1-2H3;1-2H,(H,5,6)(H,7,8)/b;2-1+. The van der Waals surface area contributed by atoms with Crippen molar-refractivity contribution in [2.75, 3.05) is 0 Å². The SMILES string of the molecule is CCC(NC(C)c1ccccn1)c1ccc(Br)cc1.O=C(O)/C=C/C(=O)O. The quantitative estimate of drug-likeness (QED) is 0.559. The Morgan fingerprint density at radius 3 is 2.15 bits per heavy atom. The fourth-order valence-electron chi connectivity index (χ4n) is 2.31. The third-order valence-electron chi connectivity index (χ3n) is 3.63. The van der Waals surface area contributed by atoms with Crippen molar-refractivity contribution in [3.05, 3.63) is 76.5 Å². The summed E-state index contributed by atoms with van der Waals surface area (Å²) in [7, 11) is 0. The highest BCUT2D eigenvalue weighted by molar-refractivity contribution is 9.10. The van der Waals surface area contributed by atoms with Gasteiger partial charge in [0.2, 0.25) is 0 Å². The van der Waals surface area contributed by atoms with Crippen molar-refractivity contribution in [1.82, 2.24) is 10.3 Å². The highest BCUT2D eigenvalue weighted by atomic mass is 79.9. The van der Waals surface area contributed by atoms with E-state index in [1.807, 2.05) is 18.3 Å². The molecule has 2 aromatic rings. The first-order valence-corrected chi connectivity index (χ1v) is 9.19. The molecular formula is C20H23BrN2O4. The van der Waals surface area contributed by atoms with E-state index in [1.54, 1.807) is 0 Å². The molecule has 0 bridgehead atoms. The largest absolute Gasteiger partial charge is 0.478 e. The summed E-state index contributed by atoms with van der Waals surface area (Å²) in [6.07, 6.45) is 4.01. The monoisotopic (exact) mass is 434 g/mol. The number of hydrogen-bond donors (Lipinski definition) is 3. The average Bonchev–Trinajstić information content (AvgIpc) is 2.66. The second-order valence-electron chi connectivity index (χ2n) is 5.67. The van der Waals surface area contributed by atoms with Crippen molar-refractivity contribution in [3.63, 3.8) is 0 Å². The number of aliphatic carboxylic acids is 2. The first kappa shape index (κ1) is 22.5. The average molecular weight is 435 g/mol. The molecule has 1 heterocycles. The molecule has 0 radical (unpaired) electrons. The fraction of sp³-hybridized carbons (Fsp3) is 0.250. The molecule has 2 rings (SSSR count). The molecule has 1 aromatic carbocycles. The smallest absolute Gasteiger partial charge is 0.328 e. The summed E-state index contributed by atoms with van der Waals surface area (Å²) in [6, 6.07) is 15.1. The lowest BCUT2D eigenvalue weighted by Gasteiger charge is -2.22. The number of aromatic nitrogens is 1. The highest BCUT2D eigenvalue weighted by Gasteiger charge is 2.14. The number of carbonyl (C=O) groups is 2. The maximum Gasteiger partial charge on any atom is 0.328 e. The molecule has 0 aliphatic rings. The normalized spacial score (nSPS) is 12.7. The van der Waals surface area contributed by atoms with Gasteiger partial charge in [-0.05, 0) is 43.2 Å². The number of nitrogens with one attached hydrogen (secondary N) is 1. The molecule has 0 fully saturated rings. The highest BCUT2D eigenvalue weighted by Crippen LogP contribution is 2.22. The lowest BCUT2D eigenvalue weighted by molar-refractivity contribution is -0.134. The van der Waals surface area contributed by atoms with Crippen LogP contribution in [0.15, 0.2) is 65.3 Å². The van der Waals surface area contributed by atoms with Crippen molar-refractivity contribution in [3.8, 4) is 0 Å². The number of hydrogen-bond acceptors (Lipinski definition) is 4. The molecule has 6 nitrogen and oxygen atoms in total. The van der Waals surface area contributed by atoms with Crippen LogP contribution >= 0.6 is 15.9 Å². The molecule has 0 amide bonds. The minimum absolute atomic E-state index is 0.245. The summed E-state index contributed by atoms with van der Waals surface area (Å²) in [5, 5.41) is 19.3. The Morgan fingerprint density at radius 2 is 1.70 bits per heavy atom. The van der Waals surface area contributed by atoms with Crippen LogP contribution in [0.25, 0.3) is 0 Å². The summed E-state index contributed by atoms with van der Waals surface area (Å²) in [4.78, 5) is 23.5. The molecular weight excluding hydrogens is 412 g/mol. The summed E-state index contributed by atoms with van der Waals surface area (Å²) in [5.41, 5.74) is 2.39. The van der Waals surface area contributed by atoms with E-state index in [2.05, 4.69) is 70.4 Å². The van der Waals surface area contributed by atoms with Gasteiger partial charge in [-0.3, -0.25) is 4.98 Å². The molecule has 2 atom stereocenters. The number of carboxylic acids is 2. The van der Waals surface area contributed by atoms with Gasteiger partial charge in [0.05, 0.1) is 5.69 Å². The van der Waals surface area contributed by atoms with Crippen LogP contribution in [0.1, 0.15) is 43.6 Å². The summed E-state index contributed by atoms with van der Waals surface area (Å²) in [6.45, 7) is 4.36. The predicted octanol–water partition coefficient (Wildman–Crippen LogP) is 4.36. The van der Waals surface area contributed by atoms with Gasteiger partial charge in [-0.1, -0.05) is 41.1 Å². The molecule has 27 heavy (non-hydrogen) atoms. The van der Waals surface area contributed by atoms with Crippen LogP contribution in [0.5, 0.6) is 0 Å². The van der Waals surface area contributed by atoms with Crippen LogP contribution in [-0.2, 0) is 9.59 Å². The van der Waals surface area contributed by atoms with Gasteiger partial charge in [-0.15, -0.1) is 0 Å². The number of benzene rings is 1. The van der Waals surface area contributed by atoms with Crippen LogP contribution in [0.2, 0.25) is 0 Å². The van der Waals surface area contributed by atoms with E-state index in [9.17, 15) is 9.59 Å². The topological polar surface area (TPSA) is 99.5 Å². The number of rotatable bonds is 7. The molecule has 1 aromatic heterocycles. The van der Waals surface area contributed by atoms with Crippen LogP contribution in [-0.4, -0.2) is 27.1 Å². The minimum Gasteiger partial charge on any atom is -0.478 e. The van der Waals surface area contributed by atoms with Gasteiger partial charge in [0.1, 0.15) is 0 Å². The number of carboxylic acid groups (broad SMARTS) is 2. The maximum absolute atomic E-state index is 9.55. The van der Waals surface area contributed by atoms with Crippen molar-refractivity contribution in [1.29, 1.82) is 0 Å². The molecule has 3 N–H and O–H groups in total. The Kier molecular flexibility index (Phi) is 10.00. The Hall–Kier alpha value is -2.51. The van der Waals surface area contributed by atoms with Crippen molar-refractivity contribution in [2.45, 2.75) is 32.4 Å². The number of halogens is 1. The predicted molar refractivity (Wildman–Crippen MR) is 107 cm³/mol. The summed E-state index contributed by atoms with van der Waals surface area (Å²) in [5.74, 6) is -2.51. The van der Waals surface area contributed by atoms with E-state index < -0.39 is 11.9 Å². The number of nitrogens with zero attached hydrogens (tertiary/aromatic N) is 1. The van der Waals surface area contributed by atoms with Crippen molar-refractivity contribution in [2.24, 2.45) is 0 Å². The zero-order valence-corrected chi connectivity index (χ0v) is 16.8. The van der Waals surface area contributed by atoms with E-state index in [4.69, 9.17) is 10.2 Å². The van der Waals surface area contributed by atoms with Crippen molar-refractivity contribution < 1.29 is 19.8 Å². The Balaban J connectivity index is 0.000000387. The van der Waals surface area contributed by atoms with Crippen LogP contribution in [0, 0.1) is 0 Å². The van der Waals surface area contributed by atoms with E-state index in [1.165, 1.54) is 5.56 Å². The van der Waals surface area contributed by atoms with Gasteiger partial charge in [-0.25, -0.2) is 9.59 Å². The third kappa shape index (κ3) is 9.12. The molecule has 0 saturated heterocycles. The van der Waals surface area contributed by atoms with Gasteiger partial charge < -0.3 is 15.5 Å². The zero-order chi connectivity index (χ0) is 20.2. The molecule has 0 aliphatic carbocycles. The molecule has 144 valence electrons. The molecule has 0 saturated carbocycles. The van der Waals surface area contributed by atoms with Gasteiger partial charge in [0, 0.05) is 34.9 Å². The number of pyridine rings is 1. The van der Waals surface area contributed by atoms with Crippen LogP contribution < -0.4 is 5.32 Å². The van der Waals surface area contributed by atoms with E-state index in [0.717, 1.165) is 16.6 Å². The molecule has 0 aliphatic heterocycles. The van der Waals surface area contributed by atoms with Crippen LogP contribution in [0.4, 0.5) is 0 Å². The molecule has 0 spiro atoms. The van der Waals surface area contributed by atoms with Gasteiger partial charge in [0.25, 0.3) is 0 Å². The second kappa shape index (κ2) is 12.0. The maximum atomic E-state index is 9.55. The lowest BCUT2D eigenvalue weighted by Crippen LogP contribution is -2.24. The van der Waals surface area contributed by atoms with E-state index >= 15 is 0 Å². The van der Waals surface area contributed by atoms with E-state index in [0.29, 0.717) is 18.2 Å². The second-order valence-corrected chi connectivity index (χ2v) is 6.58. The van der Waals surface area contributed by atoms with Crippen LogP contribution in [0.3, 0.4) is 0 Å².